The van der Waals surface area contributed by atoms with E-state index in [0.717, 1.165) is 10.9 Å². The molecule has 35 heteroatoms. The van der Waals surface area contributed by atoms with Crippen molar-refractivity contribution < 1.29 is 82.1 Å². The maximum atomic E-state index is 15.0. The van der Waals surface area contributed by atoms with Gasteiger partial charge >= 0.3 is 5.97 Å². The number of hydrogen-bond donors (Lipinski definition) is 18. The van der Waals surface area contributed by atoms with Gasteiger partial charge in [0.05, 0.1) is 12.1 Å². The van der Waals surface area contributed by atoms with Crippen LogP contribution in [0.4, 0.5) is 0 Å². The van der Waals surface area contributed by atoms with Gasteiger partial charge in [0.2, 0.25) is 82.7 Å². The third kappa shape index (κ3) is 31.3. The number of aromatic amines is 1. The number of nitrogens with zero attached hydrogens (tertiary/aromatic N) is 1. The van der Waals surface area contributed by atoms with Crippen LogP contribution in [0.1, 0.15) is 158 Å². The van der Waals surface area contributed by atoms with E-state index in [4.69, 9.17) is 11.5 Å². The molecule has 0 unspecified atom stereocenters. The maximum Gasteiger partial charge on any atom is 0.325 e. The number of aromatic nitrogens is 1. The predicted octanol–water partition coefficient (Wildman–Crippen LogP) is 1.61. The van der Waals surface area contributed by atoms with Crippen LogP contribution in [0.15, 0.2) is 91.1 Å². The van der Waals surface area contributed by atoms with Crippen LogP contribution in [-0.2, 0) is 91.2 Å². The predicted molar refractivity (Wildman–Crippen MR) is 451 cm³/mol. The monoisotopic (exact) mass is 1680 g/mol. The molecule has 2 heterocycles. The van der Waals surface area contributed by atoms with Gasteiger partial charge in [0.15, 0.2) is 0 Å². The molecule has 0 spiro atoms. The van der Waals surface area contributed by atoms with Gasteiger partial charge in [-0.25, -0.2) is 0 Å². The van der Waals surface area contributed by atoms with Crippen LogP contribution in [0, 0.1) is 29.6 Å². The largest absolute Gasteiger partial charge is 0.480 e. The second kappa shape index (κ2) is 48.7. The highest BCUT2D eigenvalue weighted by molar-refractivity contribution is 7.98. The number of carboxylic acids is 1. The molecule has 0 aliphatic carbocycles. The Bertz CT molecular complexity index is 4060. The Labute approximate surface area is 700 Å². The number of aliphatic hydroxyl groups excluding tert-OH is 1. The zero-order chi connectivity index (χ0) is 87.8. The number of rotatable bonds is 49. The fourth-order valence-corrected chi connectivity index (χ4v) is 14.3. The number of thioether (sulfide) groups is 1. The lowest BCUT2D eigenvalue weighted by atomic mass is 9.96. The molecule has 4 aromatic rings. The molecule has 1 fully saturated rings. The lowest BCUT2D eigenvalue weighted by Gasteiger charge is -2.32. The van der Waals surface area contributed by atoms with Crippen molar-refractivity contribution in [1.29, 1.82) is 0 Å². The number of nitrogens with one attached hydrogen (secondary N) is 13. The first kappa shape index (κ1) is 98.4. The average molecular weight is 1680 g/mol. The summed E-state index contributed by atoms with van der Waals surface area (Å²) >= 11 is 5.82. The molecule has 1 aliphatic heterocycles. The lowest BCUT2D eigenvalue weighted by molar-refractivity contribution is -0.143. The fraction of sp³-hybridized carbons (Fsp3) is 0.578. The maximum absolute atomic E-state index is 15.0. The van der Waals surface area contributed by atoms with E-state index < -0.39 is 210 Å². The van der Waals surface area contributed by atoms with E-state index in [1.807, 2.05) is 66.0 Å². The molecule has 1 aliphatic rings. The molecule has 0 saturated carbocycles. The number of carbonyl (C=O) groups is 15. The Morgan fingerprint density at radius 3 is 1.47 bits per heavy atom. The van der Waals surface area contributed by atoms with Crippen molar-refractivity contribution in [2.45, 2.75) is 251 Å². The van der Waals surface area contributed by atoms with Crippen LogP contribution in [0.2, 0.25) is 0 Å². The van der Waals surface area contributed by atoms with Crippen molar-refractivity contribution in [3.8, 4) is 0 Å². The Kier molecular flexibility index (Phi) is 40.6. The summed E-state index contributed by atoms with van der Waals surface area (Å²) in [5.41, 5.74) is 14.3. The molecule has 1 aromatic heterocycles. The minimum Gasteiger partial charge on any atom is -0.480 e. The molecule has 3 aromatic carbocycles. The number of H-pyrrole nitrogens is 1. The second-order valence-electron chi connectivity index (χ2n) is 32.0. The number of primary amides is 1. The first-order valence-electron chi connectivity index (χ1n) is 40.4. The summed E-state index contributed by atoms with van der Waals surface area (Å²) in [4.78, 5) is 216. The summed E-state index contributed by atoms with van der Waals surface area (Å²) in [5.74, 6) is -14.4. The van der Waals surface area contributed by atoms with Crippen molar-refractivity contribution >= 4 is 124 Å². The van der Waals surface area contributed by atoms with E-state index >= 15 is 4.79 Å². The van der Waals surface area contributed by atoms with Gasteiger partial charge in [0.25, 0.3) is 0 Å². The summed E-state index contributed by atoms with van der Waals surface area (Å²) in [7, 11) is 0. The van der Waals surface area contributed by atoms with Crippen LogP contribution in [-0.4, -0.2) is 224 Å². The lowest BCUT2D eigenvalue weighted by Crippen LogP contribution is -2.63. The van der Waals surface area contributed by atoms with Crippen molar-refractivity contribution in [1.82, 2.24) is 73.7 Å². The fourth-order valence-electron chi connectivity index (χ4n) is 13.5. The molecule has 5 rings (SSSR count). The average Bonchev–Trinajstić information content (AvgIpc) is 1.63. The molecule has 0 radical (unpaired) electrons. The van der Waals surface area contributed by atoms with E-state index in [0.29, 0.717) is 35.3 Å². The van der Waals surface area contributed by atoms with Gasteiger partial charge < -0.3 is 95.4 Å². The molecule has 33 nitrogen and oxygen atoms in total. The van der Waals surface area contributed by atoms with Crippen LogP contribution in [0.3, 0.4) is 0 Å². The number of carboxylic acid groups (broad SMARTS) is 1. The van der Waals surface area contributed by atoms with Gasteiger partial charge in [-0.05, 0) is 123 Å². The van der Waals surface area contributed by atoms with Crippen molar-refractivity contribution in [3.63, 3.8) is 0 Å². The number of amides is 14. The first-order valence-corrected chi connectivity index (χ1v) is 42.4. The number of hydrogen-bond acceptors (Lipinski definition) is 19. The number of para-hydroxylation sites is 1. The molecule has 1 saturated heterocycles. The number of aliphatic carboxylic acids is 1. The van der Waals surface area contributed by atoms with Gasteiger partial charge in [0.1, 0.15) is 78.5 Å². The molecule has 14 amide bonds. The summed E-state index contributed by atoms with van der Waals surface area (Å²) in [6, 6.07) is 5.53. The van der Waals surface area contributed by atoms with Crippen molar-refractivity contribution in [3.05, 3.63) is 108 Å². The third-order valence-electron chi connectivity index (χ3n) is 20.3. The summed E-state index contributed by atoms with van der Waals surface area (Å²) in [6.45, 7) is 20.3. The van der Waals surface area contributed by atoms with Gasteiger partial charge in [-0.3, -0.25) is 71.9 Å². The highest BCUT2D eigenvalue weighted by Gasteiger charge is 2.43. The van der Waals surface area contributed by atoms with Crippen molar-refractivity contribution in [2.24, 2.45) is 41.1 Å². The second-order valence-corrected chi connectivity index (χ2v) is 33.3. The number of thiol groups is 1. The minimum atomic E-state index is -1.85. The van der Waals surface area contributed by atoms with Crippen molar-refractivity contribution in [2.75, 3.05) is 24.3 Å². The number of likely N-dealkylation sites (tertiary alicyclic amines) is 1. The van der Waals surface area contributed by atoms with Crippen LogP contribution in [0.5, 0.6) is 0 Å². The minimum absolute atomic E-state index is 0.0387. The van der Waals surface area contributed by atoms with E-state index in [1.165, 1.54) is 30.5 Å². The molecule has 650 valence electrons. The van der Waals surface area contributed by atoms with E-state index in [-0.39, 0.29) is 75.7 Å². The zero-order valence-electron chi connectivity index (χ0n) is 69.8. The molecular formula is C83H124N16O17S2. The number of fused-ring (bicyclic) bond motifs is 1. The zero-order valence-corrected chi connectivity index (χ0v) is 71.5. The Hall–Kier alpha value is -10.1. The SMILES string of the molecule is CC[C@H](C)[C@H](NC(=O)[C@H](Cc1c[nH]c2ccccc12)NC(=O)[C@H](CCSC)NC(=O)[C@@H](N)CC(C)C)C(=O)N[C@H](C(=O)N[C@@H](CCC(N)=O)C(=O)N[C@@H](CS)C(=O)N[C@@H](Cc1ccccc1)C(=O)N[C@@H](CC(C)C)C(=O)N1CCC[C@H]1C(=O)N[C@H](C(=O)N[C@@H](Cc1ccccc1)C(=O)N[C@@H](CC(C)C)C(=O)N[C@@H](C)C(=O)O)C(C)C)[C@@H](C)O. The summed E-state index contributed by atoms with van der Waals surface area (Å²) in [6.07, 6.45) is 1.97. The molecular weight excluding hydrogens is 1560 g/mol. The van der Waals surface area contributed by atoms with Gasteiger partial charge in [-0.1, -0.05) is 155 Å². The number of aliphatic hydroxyl groups is 1. The summed E-state index contributed by atoms with van der Waals surface area (Å²) < 4.78 is 0. The van der Waals surface area contributed by atoms with E-state index in [1.54, 1.807) is 101 Å². The topological polar surface area (TPSA) is 512 Å². The highest BCUT2D eigenvalue weighted by Crippen LogP contribution is 2.24. The van der Waals surface area contributed by atoms with Crippen LogP contribution in [0.25, 0.3) is 10.9 Å². The number of nitrogens with two attached hydrogens (primary N) is 2. The number of benzene rings is 3. The van der Waals surface area contributed by atoms with Gasteiger partial charge in [0, 0.05) is 55.1 Å². The number of carbonyl (C=O) groups excluding carboxylic acids is 14. The molecule has 16 atom stereocenters. The third-order valence-corrected chi connectivity index (χ3v) is 21.3. The molecule has 19 N–H and O–H groups in total. The standard InChI is InChI=1S/C83H124N16O17S2/c1-14-48(10)68(97-76(108)62(41-53-42-86-56-29-22-21-28-54(53)56)92-72(104)58(33-35-118-13)88-70(102)55(84)36-44(2)3)80(112)98-69(50(12)100)81(113)89-57(31-32-66(85)101)71(103)95-64(43-117)77(109)91-60(39-51-24-17-15-18-25-51)75(107)94-63(38-46(6)7)82(114)99-34-23-30-65(99)78(110)96-67(47(8)9)79(111)93-61(40-52-26-19-16-20-27-52)74(106)90-59(37-45(4)5)73(105)87-49(11)83(115)116/h15-22,24-29,42,44-50,55,57-65,67-69,86,100,117H,14,23,30-41,43,84H2,1-13H3,(H2,85,101)(H,87,105)(H,88,102)(H,89,113)(H,90,106)(H,91,109)(H,92,104)(H,93,111)(H,94,107)(H,95,103)(H,96,110)(H,97,108)(H,98,112)(H,115,116)/t48-,49-,50+,55-,57-,58-,59-,60-,61-,62-,63-,64-,65-,67-,68-,69-/m0/s1. The van der Waals surface area contributed by atoms with Crippen LogP contribution < -0.4 is 75.3 Å². The van der Waals surface area contributed by atoms with E-state index in [9.17, 15) is 77.3 Å². The van der Waals surface area contributed by atoms with E-state index in [2.05, 4.69) is 81.4 Å². The highest BCUT2D eigenvalue weighted by atomic mass is 32.2. The Morgan fingerprint density at radius 2 is 0.949 bits per heavy atom. The van der Waals surface area contributed by atoms with Gasteiger partial charge in [-0.2, -0.15) is 24.4 Å². The molecule has 0 bridgehead atoms. The molecule has 118 heavy (non-hydrogen) atoms. The van der Waals surface area contributed by atoms with Gasteiger partial charge in [-0.15, -0.1) is 0 Å². The quantitative estimate of drug-likeness (QED) is 0.0279. The normalized spacial score (nSPS) is 16.6. The Balaban J connectivity index is 1.35. The smallest absolute Gasteiger partial charge is 0.325 e. The Morgan fingerprint density at radius 1 is 0.508 bits per heavy atom. The van der Waals surface area contributed by atoms with Crippen LogP contribution >= 0.6 is 24.4 Å². The first-order chi connectivity index (χ1) is 55.8. The summed E-state index contributed by atoms with van der Waals surface area (Å²) in [5, 5.41) is 53.5.